The molecule has 2 N–H and O–H groups in total. The van der Waals surface area contributed by atoms with E-state index in [1.807, 2.05) is 23.1 Å². The summed E-state index contributed by atoms with van der Waals surface area (Å²) in [6.45, 7) is 9.95. The molecule has 1 saturated carbocycles. The molecule has 0 radical (unpaired) electrons. The van der Waals surface area contributed by atoms with Gasteiger partial charge in [0, 0.05) is 50.2 Å². The van der Waals surface area contributed by atoms with Gasteiger partial charge in [-0.15, -0.1) is 0 Å². The summed E-state index contributed by atoms with van der Waals surface area (Å²) in [4.78, 5) is 2.48. The number of aromatic nitrogens is 2. The molecule has 1 aliphatic carbocycles. The lowest BCUT2D eigenvalue weighted by Gasteiger charge is -2.41. The number of aliphatic hydroxyl groups is 1. The number of ether oxygens (including phenoxy) is 1. The molecule has 2 aliphatic rings. The molecule has 6 heteroatoms. The summed E-state index contributed by atoms with van der Waals surface area (Å²) in [6, 6.07) is 2.14. The fraction of sp³-hybridized carbons (Fsp3) is 0.824. The summed E-state index contributed by atoms with van der Waals surface area (Å²) < 4.78 is 7.41. The van der Waals surface area contributed by atoms with Gasteiger partial charge in [-0.3, -0.25) is 9.58 Å². The average Bonchev–Trinajstić information content (AvgIpc) is 3.16. The minimum absolute atomic E-state index is 0.0869. The molecule has 3 rings (SSSR count). The standard InChI is InChI=1S/C17H30N4O2/c1-17(2,20-6-8-23-9-7-20)13-18-15-10-14(11-16(15)22)12-21-5-3-4-19-21/h3-5,14-16,18,22H,6-13H2,1-2H3/t14?,15-,16-/m1/s1. The van der Waals surface area contributed by atoms with Gasteiger partial charge in [-0.05, 0) is 38.7 Å². The maximum Gasteiger partial charge on any atom is 0.0696 e. The highest BCUT2D eigenvalue weighted by atomic mass is 16.5. The van der Waals surface area contributed by atoms with Gasteiger partial charge in [0.1, 0.15) is 0 Å². The Morgan fingerprint density at radius 3 is 2.78 bits per heavy atom. The van der Waals surface area contributed by atoms with Crippen molar-refractivity contribution >= 4 is 0 Å². The first-order valence-corrected chi connectivity index (χ1v) is 8.76. The van der Waals surface area contributed by atoms with Crippen molar-refractivity contribution in [1.82, 2.24) is 20.0 Å². The van der Waals surface area contributed by atoms with Crippen LogP contribution in [0, 0.1) is 5.92 Å². The zero-order chi connectivity index (χ0) is 16.3. The van der Waals surface area contributed by atoms with Crippen molar-refractivity contribution in [2.45, 2.75) is 50.9 Å². The Labute approximate surface area is 138 Å². The Morgan fingerprint density at radius 2 is 2.09 bits per heavy atom. The minimum Gasteiger partial charge on any atom is -0.391 e. The van der Waals surface area contributed by atoms with Crippen LogP contribution in [0.3, 0.4) is 0 Å². The van der Waals surface area contributed by atoms with Crippen molar-refractivity contribution in [3.05, 3.63) is 18.5 Å². The maximum absolute atomic E-state index is 10.4. The fourth-order valence-corrected chi connectivity index (χ4v) is 3.82. The van der Waals surface area contributed by atoms with E-state index in [0.717, 1.165) is 52.2 Å². The molecular formula is C17H30N4O2. The van der Waals surface area contributed by atoms with Gasteiger partial charge in [-0.25, -0.2) is 0 Å². The lowest BCUT2D eigenvalue weighted by atomic mass is 10.0. The molecule has 3 atom stereocenters. The van der Waals surface area contributed by atoms with E-state index >= 15 is 0 Å². The molecule has 1 saturated heterocycles. The Morgan fingerprint density at radius 1 is 1.30 bits per heavy atom. The van der Waals surface area contributed by atoms with E-state index in [1.54, 1.807) is 0 Å². The summed E-state index contributed by atoms with van der Waals surface area (Å²) in [5.41, 5.74) is 0.0869. The van der Waals surface area contributed by atoms with Crippen LogP contribution >= 0.6 is 0 Å². The molecule has 2 heterocycles. The van der Waals surface area contributed by atoms with Crippen LogP contribution in [0.5, 0.6) is 0 Å². The van der Waals surface area contributed by atoms with Crippen LogP contribution in [0.1, 0.15) is 26.7 Å². The normalized spacial score (nSPS) is 30.0. The van der Waals surface area contributed by atoms with Crippen LogP contribution < -0.4 is 5.32 Å². The zero-order valence-corrected chi connectivity index (χ0v) is 14.3. The minimum atomic E-state index is -0.254. The topological polar surface area (TPSA) is 62.5 Å². The molecule has 1 aliphatic heterocycles. The molecular weight excluding hydrogens is 292 g/mol. The number of nitrogens with zero attached hydrogens (tertiary/aromatic N) is 3. The Hall–Kier alpha value is -0.950. The lowest BCUT2D eigenvalue weighted by molar-refractivity contribution is -0.0115. The summed E-state index contributed by atoms with van der Waals surface area (Å²) in [5, 5.41) is 18.3. The molecule has 0 amide bonds. The van der Waals surface area contributed by atoms with E-state index < -0.39 is 0 Å². The van der Waals surface area contributed by atoms with E-state index in [4.69, 9.17) is 4.74 Å². The molecule has 6 nitrogen and oxygen atoms in total. The number of morpholine rings is 1. The SMILES string of the molecule is CC(C)(CN[C@@H]1CC(Cn2cccn2)C[C@H]1O)N1CCOCC1. The molecule has 1 unspecified atom stereocenters. The van der Waals surface area contributed by atoms with E-state index in [1.165, 1.54) is 0 Å². The van der Waals surface area contributed by atoms with Gasteiger partial charge in [-0.2, -0.15) is 5.10 Å². The predicted octanol–water partition coefficient (Wildman–Crippen LogP) is 0.723. The third kappa shape index (κ3) is 4.32. The quantitative estimate of drug-likeness (QED) is 0.808. The summed E-state index contributed by atoms with van der Waals surface area (Å²) in [5.74, 6) is 0.494. The van der Waals surface area contributed by atoms with Crippen molar-refractivity contribution in [2.75, 3.05) is 32.8 Å². The van der Waals surface area contributed by atoms with Crippen molar-refractivity contribution in [1.29, 1.82) is 0 Å². The largest absolute Gasteiger partial charge is 0.391 e. The molecule has 0 bridgehead atoms. The molecule has 0 aromatic carbocycles. The summed E-state index contributed by atoms with van der Waals surface area (Å²) >= 11 is 0. The van der Waals surface area contributed by atoms with Crippen molar-refractivity contribution in [3.63, 3.8) is 0 Å². The Bertz CT molecular complexity index is 471. The third-order valence-corrected chi connectivity index (χ3v) is 5.30. The first-order valence-electron chi connectivity index (χ1n) is 8.76. The number of hydrogen-bond acceptors (Lipinski definition) is 5. The monoisotopic (exact) mass is 322 g/mol. The molecule has 130 valence electrons. The summed E-state index contributed by atoms with van der Waals surface area (Å²) in [7, 11) is 0. The number of aliphatic hydroxyl groups excluding tert-OH is 1. The van der Waals surface area contributed by atoms with E-state index in [-0.39, 0.29) is 17.7 Å². The van der Waals surface area contributed by atoms with Crippen LogP contribution in [-0.4, -0.2) is 70.3 Å². The first kappa shape index (κ1) is 16.9. The van der Waals surface area contributed by atoms with Crippen LogP contribution in [-0.2, 0) is 11.3 Å². The molecule has 1 aromatic heterocycles. The molecule has 2 fully saturated rings. The second kappa shape index (κ2) is 7.30. The molecule has 0 spiro atoms. The highest BCUT2D eigenvalue weighted by Crippen LogP contribution is 2.28. The Kier molecular flexibility index (Phi) is 5.36. The van der Waals surface area contributed by atoms with Crippen LogP contribution in [0.2, 0.25) is 0 Å². The first-order chi connectivity index (χ1) is 11.0. The number of nitrogens with one attached hydrogen (secondary N) is 1. The Balaban J connectivity index is 1.47. The highest BCUT2D eigenvalue weighted by molar-refractivity contribution is 4.93. The van der Waals surface area contributed by atoms with Gasteiger partial charge in [0.25, 0.3) is 0 Å². The average molecular weight is 322 g/mol. The van der Waals surface area contributed by atoms with Gasteiger partial charge in [0.2, 0.25) is 0 Å². The van der Waals surface area contributed by atoms with Crippen molar-refractivity contribution in [2.24, 2.45) is 5.92 Å². The van der Waals surface area contributed by atoms with Gasteiger partial charge in [-0.1, -0.05) is 0 Å². The van der Waals surface area contributed by atoms with Gasteiger partial charge >= 0.3 is 0 Å². The van der Waals surface area contributed by atoms with Crippen LogP contribution in [0.15, 0.2) is 18.5 Å². The predicted molar refractivity (Wildman–Crippen MR) is 89.2 cm³/mol. The van der Waals surface area contributed by atoms with E-state index in [0.29, 0.717) is 5.92 Å². The fourth-order valence-electron chi connectivity index (χ4n) is 3.82. The number of hydrogen-bond donors (Lipinski definition) is 2. The van der Waals surface area contributed by atoms with Crippen LogP contribution in [0.4, 0.5) is 0 Å². The second-order valence-electron chi connectivity index (χ2n) is 7.53. The zero-order valence-electron chi connectivity index (χ0n) is 14.3. The maximum atomic E-state index is 10.4. The van der Waals surface area contributed by atoms with Crippen LogP contribution in [0.25, 0.3) is 0 Å². The summed E-state index contributed by atoms with van der Waals surface area (Å²) in [6.07, 6.45) is 5.42. The highest BCUT2D eigenvalue weighted by Gasteiger charge is 2.35. The molecule has 1 aromatic rings. The van der Waals surface area contributed by atoms with E-state index in [9.17, 15) is 5.11 Å². The van der Waals surface area contributed by atoms with Gasteiger partial charge in [0.05, 0.1) is 19.3 Å². The van der Waals surface area contributed by atoms with Gasteiger partial charge in [0.15, 0.2) is 0 Å². The van der Waals surface area contributed by atoms with Crippen molar-refractivity contribution in [3.8, 4) is 0 Å². The smallest absolute Gasteiger partial charge is 0.0696 e. The number of rotatable bonds is 6. The molecule has 23 heavy (non-hydrogen) atoms. The third-order valence-electron chi connectivity index (χ3n) is 5.30. The van der Waals surface area contributed by atoms with E-state index in [2.05, 4.69) is 29.2 Å². The lowest BCUT2D eigenvalue weighted by Crippen LogP contribution is -2.56. The second-order valence-corrected chi connectivity index (χ2v) is 7.53. The van der Waals surface area contributed by atoms with Crippen molar-refractivity contribution < 1.29 is 9.84 Å². The van der Waals surface area contributed by atoms with Gasteiger partial charge < -0.3 is 15.2 Å².